The van der Waals surface area contributed by atoms with Crippen molar-refractivity contribution in [1.82, 2.24) is 24.3 Å². The third-order valence-corrected chi connectivity index (χ3v) is 8.38. The molecular formula is C31H31BrFN5O2. The van der Waals surface area contributed by atoms with Gasteiger partial charge in [0, 0.05) is 48.4 Å². The van der Waals surface area contributed by atoms with Crippen LogP contribution < -0.4 is 0 Å². The van der Waals surface area contributed by atoms with E-state index in [1.807, 2.05) is 35.2 Å². The van der Waals surface area contributed by atoms with Crippen molar-refractivity contribution in [2.45, 2.75) is 19.4 Å². The van der Waals surface area contributed by atoms with Crippen LogP contribution in [0.1, 0.15) is 29.0 Å². The minimum absolute atomic E-state index is 0.0724. The molecule has 206 valence electrons. The molecule has 2 saturated heterocycles. The molecule has 2 amide bonds. The van der Waals surface area contributed by atoms with Gasteiger partial charge < -0.3 is 9.80 Å². The molecule has 2 fully saturated rings. The first-order valence-corrected chi connectivity index (χ1v) is 14.5. The van der Waals surface area contributed by atoms with Gasteiger partial charge >= 0.3 is 0 Å². The second-order valence-electron chi connectivity index (χ2n) is 10.5. The summed E-state index contributed by atoms with van der Waals surface area (Å²) >= 11 is 3.60. The Labute approximate surface area is 241 Å². The number of hydrogen-bond donors (Lipinski definition) is 0. The number of carbonyl (C=O) groups excluding carboxylic acids is 2. The number of para-hydroxylation sites is 2. The Hall–Kier alpha value is -3.56. The molecule has 3 heterocycles. The highest BCUT2D eigenvalue weighted by molar-refractivity contribution is 9.10. The maximum absolute atomic E-state index is 13.5. The number of likely N-dealkylation sites (tertiary alicyclic amines) is 1. The highest BCUT2D eigenvalue weighted by Crippen LogP contribution is 2.27. The summed E-state index contributed by atoms with van der Waals surface area (Å²) in [5, 5.41) is 0. The van der Waals surface area contributed by atoms with Gasteiger partial charge in [0.2, 0.25) is 5.91 Å². The van der Waals surface area contributed by atoms with Gasteiger partial charge in [-0.3, -0.25) is 19.1 Å². The van der Waals surface area contributed by atoms with Crippen molar-refractivity contribution < 1.29 is 14.0 Å². The predicted molar refractivity (Wildman–Crippen MR) is 156 cm³/mol. The number of amides is 2. The van der Waals surface area contributed by atoms with Gasteiger partial charge in [-0.25, -0.2) is 9.37 Å². The second-order valence-corrected chi connectivity index (χ2v) is 11.4. The van der Waals surface area contributed by atoms with E-state index in [1.54, 1.807) is 4.90 Å². The molecule has 2 aliphatic rings. The van der Waals surface area contributed by atoms with E-state index in [1.165, 1.54) is 24.3 Å². The lowest BCUT2D eigenvalue weighted by atomic mass is 9.96. The summed E-state index contributed by atoms with van der Waals surface area (Å²) in [6, 6.07) is 22.0. The number of piperazine rings is 1. The Morgan fingerprint density at radius 3 is 2.42 bits per heavy atom. The zero-order chi connectivity index (χ0) is 27.6. The Morgan fingerprint density at radius 2 is 1.65 bits per heavy atom. The quantitative estimate of drug-likeness (QED) is 0.317. The van der Waals surface area contributed by atoms with E-state index < -0.39 is 0 Å². The van der Waals surface area contributed by atoms with Crippen LogP contribution in [-0.2, 0) is 11.3 Å². The van der Waals surface area contributed by atoms with E-state index in [-0.39, 0.29) is 23.5 Å². The zero-order valence-electron chi connectivity index (χ0n) is 22.2. The number of rotatable bonds is 5. The Balaban J connectivity index is 1.12. The van der Waals surface area contributed by atoms with Crippen LogP contribution in [0.25, 0.3) is 16.7 Å². The van der Waals surface area contributed by atoms with Gasteiger partial charge in [0.15, 0.2) is 0 Å². The monoisotopic (exact) mass is 603 g/mol. The van der Waals surface area contributed by atoms with E-state index in [2.05, 4.69) is 43.6 Å². The molecule has 0 N–H and O–H groups in total. The molecule has 7 nitrogen and oxygen atoms in total. The molecular weight excluding hydrogens is 573 g/mol. The van der Waals surface area contributed by atoms with Crippen molar-refractivity contribution in [3.8, 4) is 5.69 Å². The van der Waals surface area contributed by atoms with Crippen molar-refractivity contribution in [2.75, 3.05) is 39.3 Å². The minimum atomic E-state index is -0.362. The second kappa shape index (κ2) is 11.5. The molecule has 0 saturated carbocycles. The van der Waals surface area contributed by atoms with E-state index in [4.69, 9.17) is 4.98 Å². The molecule has 6 rings (SSSR count). The molecule has 2 aliphatic heterocycles. The molecule has 0 bridgehead atoms. The normalized spacial score (nSPS) is 18.3. The standard InChI is InChI=1S/C31H31BrFN5O2/c32-24-6-3-7-26(19-24)38-28-9-2-1-8-27(28)34-29(38)21-35-14-4-5-23(20-35)31(40)37-17-15-36(16-18-37)30(39)22-10-12-25(33)13-11-22/h1-3,6-13,19,23H,4-5,14-18,20-21H2/t23-/m1/s1. The summed E-state index contributed by atoms with van der Waals surface area (Å²) in [5.41, 5.74) is 3.54. The van der Waals surface area contributed by atoms with Gasteiger partial charge in [-0.1, -0.05) is 34.1 Å². The minimum Gasteiger partial charge on any atom is -0.339 e. The third kappa shape index (κ3) is 5.53. The molecule has 4 aromatic rings. The number of nitrogens with zero attached hydrogens (tertiary/aromatic N) is 5. The number of fused-ring (bicyclic) bond motifs is 1. The number of hydrogen-bond acceptors (Lipinski definition) is 4. The molecule has 0 radical (unpaired) electrons. The molecule has 0 aliphatic carbocycles. The van der Waals surface area contributed by atoms with Gasteiger partial charge in [0.25, 0.3) is 5.91 Å². The highest BCUT2D eigenvalue weighted by Gasteiger charge is 2.32. The first-order chi connectivity index (χ1) is 19.5. The fourth-order valence-electron chi connectivity index (χ4n) is 5.85. The zero-order valence-corrected chi connectivity index (χ0v) is 23.8. The molecule has 40 heavy (non-hydrogen) atoms. The molecule has 1 aromatic heterocycles. The SMILES string of the molecule is O=C(c1ccc(F)cc1)N1CCN(C(=O)[C@@H]2CCCN(Cc3nc4ccccc4n3-c3cccc(Br)c3)C2)CC1. The molecule has 0 spiro atoms. The molecule has 0 unspecified atom stereocenters. The van der Waals surface area contributed by atoms with Crippen molar-refractivity contribution in [1.29, 1.82) is 0 Å². The number of aromatic nitrogens is 2. The van der Waals surface area contributed by atoms with Crippen molar-refractivity contribution in [3.63, 3.8) is 0 Å². The summed E-state index contributed by atoms with van der Waals surface area (Å²) in [7, 11) is 0. The van der Waals surface area contributed by atoms with Crippen LogP contribution in [0.2, 0.25) is 0 Å². The number of piperidine rings is 1. The van der Waals surface area contributed by atoms with Crippen molar-refractivity contribution in [2.24, 2.45) is 5.92 Å². The van der Waals surface area contributed by atoms with Crippen LogP contribution in [0.3, 0.4) is 0 Å². The van der Waals surface area contributed by atoms with Crippen LogP contribution >= 0.6 is 15.9 Å². The van der Waals surface area contributed by atoms with E-state index in [0.29, 0.717) is 44.8 Å². The molecule has 3 aromatic carbocycles. The third-order valence-electron chi connectivity index (χ3n) is 7.89. The van der Waals surface area contributed by atoms with Gasteiger partial charge in [0.05, 0.1) is 23.5 Å². The van der Waals surface area contributed by atoms with Gasteiger partial charge in [-0.15, -0.1) is 0 Å². The lowest BCUT2D eigenvalue weighted by molar-refractivity contribution is -0.139. The fraction of sp³-hybridized carbons (Fsp3) is 0.323. The van der Waals surface area contributed by atoms with Crippen LogP contribution in [0, 0.1) is 11.7 Å². The van der Waals surface area contributed by atoms with E-state index in [0.717, 1.165) is 46.4 Å². The van der Waals surface area contributed by atoms with Crippen molar-refractivity contribution >= 4 is 38.8 Å². The Kier molecular flexibility index (Phi) is 7.67. The first kappa shape index (κ1) is 26.7. The van der Waals surface area contributed by atoms with Crippen LogP contribution in [0.15, 0.2) is 77.3 Å². The molecule has 1 atom stereocenters. The maximum Gasteiger partial charge on any atom is 0.253 e. The summed E-state index contributed by atoms with van der Waals surface area (Å²) in [5.74, 6) is 0.569. The van der Waals surface area contributed by atoms with Crippen LogP contribution in [0.4, 0.5) is 4.39 Å². The average Bonchev–Trinajstić information content (AvgIpc) is 3.35. The average molecular weight is 605 g/mol. The van der Waals surface area contributed by atoms with Gasteiger partial charge in [0.1, 0.15) is 11.6 Å². The van der Waals surface area contributed by atoms with Crippen molar-refractivity contribution in [3.05, 3.63) is 94.5 Å². The smallest absolute Gasteiger partial charge is 0.253 e. The highest BCUT2D eigenvalue weighted by atomic mass is 79.9. The largest absolute Gasteiger partial charge is 0.339 e. The van der Waals surface area contributed by atoms with Crippen LogP contribution in [0.5, 0.6) is 0 Å². The maximum atomic E-state index is 13.5. The van der Waals surface area contributed by atoms with Gasteiger partial charge in [-0.2, -0.15) is 0 Å². The lowest BCUT2D eigenvalue weighted by Gasteiger charge is -2.39. The fourth-order valence-corrected chi connectivity index (χ4v) is 6.24. The summed E-state index contributed by atoms with van der Waals surface area (Å²) in [4.78, 5) is 37.3. The number of benzene rings is 3. The summed E-state index contributed by atoms with van der Waals surface area (Å²) in [6.45, 7) is 4.26. The van der Waals surface area contributed by atoms with Gasteiger partial charge in [-0.05, 0) is 74.0 Å². The van der Waals surface area contributed by atoms with E-state index >= 15 is 0 Å². The number of carbonyl (C=O) groups is 2. The van der Waals surface area contributed by atoms with E-state index in [9.17, 15) is 14.0 Å². The Bertz CT molecular complexity index is 1530. The Morgan fingerprint density at radius 1 is 0.900 bits per heavy atom. The summed E-state index contributed by atoms with van der Waals surface area (Å²) < 4.78 is 16.5. The lowest BCUT2D eigenvalue weighted by Crippen LogP contribution is -2.53. The number of halogens is 2. The number of imidazole rings is 1. The molecule has 9 heteroatoms. The summed E-state index contributed by atoms with van der Waals surface area (Å²) in [6.07, 6.45) is 1.82. The topological polar surface area (TPSA) is 61.7 Å². The predicted octanol–water partition coefficient (Wildman–Crippen LogP) is 5.12. The first-order valence-electron chi connectivity index (χ1n) is 13.7. The van der Waals surface area contributed by atoms with Crippen LogP contribution in [-0.4, -0.2) is 75.3 Å².